The van der Waals surface area contributed by atoms with Gasteiger partial charge in [-0.2, -0.15) is 0 Å². The lowest BCUT2D eigenvalue weighted by Crippen LogP contribution is -2.42. The lowest BCUT2D eigenvalue weighted by Gasteiger charge is -2.15. The molecular weight excluding hydrogens is 632 g/mol. The van der Waals surface area contributed by atoms with E-state index in [1.54, 1.807) is 66.7 Å². The van der Waals surface area contributed by atoms with Gasteiger partial charge in [0.1, 0.15) is 17.5 Å². The number of hydrogen-bond acceptors (Lipinski definition) is 6. The molecule has 0 fully saturated rings. The van der Waals surface area contributed by atoms with E-state index in [0.717, 1.165) is 23.6 Å². The summed E-state index contributed by atoms with van der Waals surface area (Å²) in [7, 11) is 0. The predicted octanol–water partition coefficient (Wildman–Crippen LogP) is 8.09. The van der Waals surface area contributed by atoms with Crippen LogP contribution in [0.25, 0.3) is 10.8 Å². The summed E-state index contributed by atoms with van der Waals surface area (Å²) < 4.78 is 11.2. The Morgan fingerprint density at radius 2 is 1.34 bits per heavy atom. The normalized spacial score (nSPS) is 11.4. The van der Waals surface area contributed by atoms with Gasteiger partial charge in [-0.3, -0.25) is 9.59 Å². The number of carbonyl (C=O) groups excluding carboxylic acids is 3. The minimum absolute atomic E-state index is 0.00847. The molecule has 9 nitrogen and oxygen atoms in total. The monoisotopic (exact) mass is 672 g/mol. The van der Waals surface area contributed by atoms with E-state index in [4.69, 9.17) is 9.47 Å². The Morgan fingerprint density at radius 3 is 2.06 bits per heavy atom. The van der Waals surface area contributed by atoms with E-state index in [1.165, 1.54) is 31.4 Å². The van der Waals surface area contributed by atoms with Crippen molar-refractivity contribution in [2.24, 2.45) is 0 Å². The lowest BCUT2D eigenvalue weighted by molar-refractivity contribution is -0.139. The van der Waals surface area contributed by atoms with Crippen molar-refractivity contribution in [3.63, 3.8) is 0 Å². The molecule has 5 aromatic carbocycles. The molecule has 0 heterocycles. The number of unbranched alkanes of at least 4 members (excludes halogenated alkanes) is 4. The number of carboxylic acid groups (broad SMARTS) is 1. The van der Waals surface area contributed by atoms with Crippen molar-refractivity contribution in [1.82, 2.24) is 5.32 Å². The van der Waals surface area contributed by atoms with Crippen LogP contribution in [0, 0.1) is 0 Å². The van der Waals surface area contributed by atoms with Crippen molar-refractivity contribution in [2.45, 2.75) is 51.5 Å². The van der Waals surface area contributed by atoms with Gasteiger partial charge in [-0.05, 0) is 89.5 Å². The fourth-order valence-electron chi connectivity index (χ4n) is 5.45. The van der Waals surface area contributed by atoms with Crippen molar-refractivity contribution < 1.29 is 33.8 Å². The van der Waals surface area contributed by atoms with E-state index in [1.807, 2.05) is 36.4 Å². The zero-order valence-corrected chi connectivity index (χ0v) is 27.9. The van der Waals surface area contributed by atoms with Crippen molar-refractivity contribution in [1.29, 1.82) is 0 Å². The smallest absolute Gasteiger partial charge is 0.343 e. The average molecular weight is 673 g/mol. The maximum absolute atomic E-state index is 13.0. The molecule has 0 aliphatic rings. The zero-order valence-electron chi connectivity index (χ0n) is 27.9. The first-order valence-electron chi connectivity index (χ1n) is 16.8. The standard InChI is InChI=1S/C41H40N2O7/c1-2-3-4-5-8-26-49-33-24-18-31(19-25-33)41(48)50-34-22-14-28(15-23-34)27-37(40(46)47)43-38(44)30-16-20-32(21-17-30)42-39(45)36-13-9-11-29-10-6-7-12-35(29)36/h6-7,9-25,37H,2-5,8,26-27H2,1H3,(H,42,45)(H,43,44)(H,46,47). The minimum Gasteiger partial charge on any atom is -0.494 e. The molecule has 2 amide bonds. The number of esters is 1. The van der Waals surface area contributed by atoms with E-state index in [-0.39, 0.29) is 17.9 Å². The first-order chi connectivity index (χ1) is 24.3. The van der Waals surface area contributed by atoms with Crippen LogP contribution in [-0.4, -0.2) is 41.5 Å². The summed E-state index contributed by atoms with van der Waals surface area (Å²) in [4.78, 5) is 50.6. The highest BCUT2D eigenvalue weighted by molar-refractivity contribution is 6.13. The molecule has 0 spiro atoms. The van der Waals surface area contributed by atoms with Gasteiger partial charge in [0.05, 0.1) is 12.2 Å². The maximum Gasteiger partial charge on any atom is 0.343 e. The van der Waals surface area contributed by atoms with E-state index in [9.17, 15) is 24.3 Å². The molecule has 5 rings (SSSR count). The van der Waals surface area contributed by atoms with Gasteiger partial charge in [0, 0.05) is 23.2 Å². The summed E-state index contributed by atoms with van der Waals surface area (Å²) in [6, 6.07) is 31.4. The van der Waals surface area contributed by atoms with E-state index in [0.29, 0.717) is 40.5 Å². The second kappa shape index (κ2) is 17.4. The molecule has 9 heteroatoms. The van der Waals surface area contributed by atoms with Gasteiger partial charge in [-0.25, -0.2) is 9.59 Å². The average Bonchev–Trinajstić information content (AvgIpc) is 3.13. The summed E-state index contributed by atoms with van der Waals surface area (Å²) in [6.07, 6.45) is 5.77. The molecule has 0 aliphatic carbocycles. The third-order valence-electron chi connectivity index (χ3n) is 8.22. The number of aliphatic carboxylic acids is 1. The Hall–Kier alpha value is -5.96. The number of carbonyl (C=O) groups is 4. The highest BCUT2D eigenvalue weighted by Crippen LogP contribution is 2.21. The Labute approximate surface area is 291 Å². The minimum atomic E-state index is -1.21. The van der Waals surface area contributed by atoms with Crippen molar-refractivity contribution in [3.05, 3.63) is 138 Å². The Kier molecular flexibility index (Phi) is 12.3. The molecule has 0 saturated heterocycles. The van der Waals surface area contributed by atoms with Crippen LogP contribution in [-0.2, 0) is 11.2 Å². The third kappa shape index (κ3) is 9.79. The number of nitrogens with one attached hydrogen (secondary N) is 2. The van der Waals surface area contributed by atoms with Gasteiger partial charge in [0.25, 0.3) is 11.8 Å². The van der Waals surface area contributed by atoms with Gasteiger partial charge in [-0.1, -0.05) is 81.1 Å². The molecule has 0 radical (unpaired) electrons. The number of rotatable bonds is 16. The number of carboxylic acids is 1. The molecule has 3 N–H and O–H groups in total. The zero-order chi connectivity index (χ0) is 35.3. The first kappa shape index (κ1) is 35.3. The summed E-state index contributed by atoms with van der Waals surface area (Å²) in [5, 5.41) is 17.0. The second-order valence-corrected chi connectivity index (χ2v) is 11.9. The number of hydrogen-bond donors (Lipinski definition) is 3. The maximum atomic E-state index is 13.0. The number of anilines is 1. The largest absolute Gasteiger partial charge is 0.494 e. The number of ether oxygens (including phenoxy) is 2. The second-order valence-electron chi connectivity index (χ2n) is 11.9. The molecule has 256 valence electrons. The van der Waals surface area contributed by atoms with Gasteiger partial charge >= 0.3 is 11.9 Å². The van der Waals surface area contributed by atoms with Crippen LogP contribution in [0.15, 0.2) is 115 Å². The fraction of sp³-hybridized carbons (Fsp3) is 0.220. The van der Waals surface area contributed by atoms with Crippen LogP contribution < -0.4 is 20.1 Å². The molecule has 0 saturated carbocycles. The van der Waals surface area contributed by atoms with E-state index in [2.05, 4.69) is 17.6 Å². The molecule has 0 bridgehead atoms. The summed E-state index contributed by atoms with van der Waals surface area (Å²) in [5.41, 5.74) is 2.26. The fourth-order valence-corrected chi connectivity index (χ4v) is 5.45. The highest BCUT2D eigenvalue weighted by Gasteiger charge is 2.22. The number of benzene rings is 5. The number of amides is 2. The topological polar surface area (TPSA) is 131 Å². The van der Waals surface area contributed by atoms with Gasteiger partial charge in [0.2, 0.25) is 0 Å². The number of fused-ring (bicyclic) bond motifs is 1. The molecule has 5 aromatic rings. The van der Waals surface area contributed by atoms with Crippen molar-refractivity contribution in [2.75, 3.05) is 11.9 Å². The van der Waals surface area contributed by atoms with E-state index < -0.39 is 23.9 Å². The molecule has 50 heavy (non-hydrogen) atoms. The van der Waals surface area contributed by atoms with Gasteiger partial charge < -0.3 is 25.2 Å². The van der Waals surface area contributed by atoms with Gasteiger partial charge in [0.15, 0.2) is 0 Å². The van der Waals surface area contributed by atoms with Crippen LogP contribution in [0.3, 0.4) is 0 Å². The molecular formula is C41H40N2O7. The van der Waals surface area contributed by atoms with Crippen LogP contribution in [0.4, 0.5) is 5.69 Å². The Morgan fingerprint density at radius 1 is 0.680 bits per heavy atom. The SMILES string of the molecule is CCCCCCCOc1ccc(C(=O)Oc2ccc(CC(NC(=O)c3ccc(NC(=O)c4cccc5ccccc45)cc3)C(=O)O)cc2)cc1. The first-order valence-corrected chi connectivity index (χ1v) is 16.8. The molecule has 1 atom stereocenters. The quantitative estimate of drug-likeness (QED) is 0.0549. The van der Waals surface area contributed by atoms with Crippen molar-refractivity contribution >= 4 is 40.2 Å². The van der Waals surface area contributed by atoms with Crippen LogP contribution in [0.1, 0.15) is 75.7 Å². The third-order valence-corrected chi connectivity index (χ3v) is 8.22. The van der Waals surface area contributed by atoms with Crippen molar-refractivity contribution in [3.8, 4) is 11.5 Å². The van der Waals surface area contributed by atoms with E-state index >= 15 is 0 Å². The molecule has 0 aliphatic heterocycles. The van der Waals surface area contributed by atoms with Crippen LogP contribution in [0.2, 0.25) is 0 Å². The highest BCUT2D eigenvalue weighted by atomic mass is 16.5. The Bertz CT molecular complexity index is 1920. The van der Waals surface area contributed by atoms with Crippen LogP contribution in [0.5, 0.6) is 11.5 Å². The predicted molar refractivity (Wildman–Crippen MR) is 193 cm³/mol. The van der Waals surface area contributed by atoms with Gasteiger partial charge in [-0.15, -0.1) is 0 Å². The molecule has 0 aromatic heterocycles. The summed E-state index contributed by atoms with van der Waals surface area (Å²) in [5.74, 6) is -1.59. The molecule has 1 unspecified atom stereocenters. The summed E-state index contributed by atoms with van der Waals surface area (Å²) >= 11 is 0. The van der Waals surface area contributed by atoms with Crippen LogP contribution >= 0.6 is 0 Å². The lowest BCUT2D eigenvalue weighted by atomic mass is 10.0. The Balaban J connectivity index is 1.11. The summed E-state index contributed by atoms with van der Waals surface area (Å²) in [6.45, 7) is 2.81.